The largest absolute Gasteiger partial charge is 0.355 e. The molecule has 0 saturated carbocycles. The highest BCUT2D eigenvalue weighted by Gasteiger charge is 2.23. The van der Waals surface area contributed by atoms with Crippen molar-refractivity contribution >= 4 is 29.1 Å². The van der Waals surface area contributed by atoms with E-state index >= 15 is 0 Å². The first-order valence-corrected chi connectivity index (χ1v) is 7.41. The molecule has 3 nitrogen and oxygen atoms in total. The molecule has 1 atom stereocenters. The minimum Gasteiger partial charge on any atom is -0.355 e. The van der Waals surface area contributed by atoms with Gasteiger partial charge in [-0.3, -0.25) is 4.79 Å². The van der Waals surface area contributed by atoms with Crippen molar-refractivity contribution in [2.24, 2.45) is 5.92 Å². The minimum atomic E-state index is -0.205. The maximum Gasteiger partial charge on any atom is 0.224 e. The van der Waals surface area contributed by atoms with Gasteiger partial charge in [0.05, 0.1) is 10.0 Å². The van der Waals surface area contributed by atoms with Gasteiger partial charge >= 0.3 is 0 Å². The van der Waals surface area contributed by atoms with E-state index in [1.165, 1.54) is 0 Å². The maximum absolute atomic E-state index is 11.9. The number of benzene rings is 1. The molecule has 0 radical (unpaired) electrons. The number of nitrogens with one attached hydrogen (secondary N) is 2. The van der Waals surface area contributed by atoms with Gasteiger partial charge in [0.25, 0.3) is 0 Å². The Labute approximate surface area is 131 Å². The van der Waals surface area contributed by atoms with E-state index in [1.54, 1.807) is 6.07 Å². The van der Waals surface area contributed by atoms with E-state index in [1.807, 2.05) is 26.1 Å². The molecule has 0 bridgehead atoms. The lowest BCUT2D eigenvalue weighted by molar-refractivity contribution is -0.124. The van der Waals surface area contributed by atoms with Crippen LogP contribution in [0.2, 0.25) is 10.0 Å². The van der Waals surface area contributed by atoms with Crippen LogP contribution in [0.4, 0.5) is 0 Å². The van der Waals surface area contributed by atoms with Crippen LogP contribution in [-0.4, -0.2) is 26.0 Å². The Balaban J connectivity index is 2.69. The molecule has 112 valence electrons. The minimum absolute atomic E-state index is 0.0486. The van der Waals surface area contributed by atoms with Crippen LogP contribution in [0, 0.1) is 5.92 Å². The normalized spacial score (nSPS) is 13.1. The lowest BCUT2D eigenvalue weighted by Crippen LogP contribution is -2.41. The fraction of sp³-hybridized carbons (Fsp3) is 0.533. The van der Waals surface area contributed by atoms with E-state index in [0.717, 1.165) is 5.56 Å². The molecule has 20 heavy (non-hydrogen) atoms. The van der Waals surface area contributed by atoms with Gasteiger partial charge in [0.15, 0.2) is 0 Å². The molecule has 1 amide bonds. The van der Waals surface area contributed by atoms with Crippen molar-refractivity contribution in [2.45, 2.75) is 26.2 Å². The molecular weight excluding hydrogens is 295 g/mol. The summed E-state index contributed by atoms with van der Waals surface area (Å²) in [5.41, 5.74) is 0.844. The van der Waals surface area contributed by atoms with E-state index < -0.39 is 0 Å². The van der Waals surface area contributed by atoms with Gasteiger partial charge in [-0.05, 0) is 24.7 Å². The number of hydrogen-bond donors (Lipinski definition) is 2. The number of hydrogen-bond acceptors (Lipinski definition) is 2. The summed E-state index contributed by atoms with van der Waals surface area (Å²) in [7, 11) is 1.84. The highest BCUT2D eigenvalue weighted by Crippen LogP contribution is 2.29. The van der Waals surface area contributed by atoms with E-state index in [9.17, 15) is 4.79 Å². The molecule has 0 fully saturated rings. The second-order valence-corrected chi connectivity index (χ2v) is 6.50. The predicted octanol–water partition coefficient (Wildman–Crippen LogP) is 3.24. The summed E-state index contributed by atoms with van der Waals surface area (Å²) in [6.07, 6.45) is 0. The number of amides is 1. The summed E-state index contributed by atoms with van der Waals surface area (Å²) in [6, 6.07) is 5.58. The third kappa shape index (κ3) is 4.65. The number of rotatable bonds is 6. The van der Waals surface area contributed by atoms with Crippen molar-refractivity contribution < 1.29 is 4.79 Å². The smallest absolute Gasteiger partial charge is 0.224 e. The van der Waals surface area contributed by atoms with Crippen molar-refractivity contribution in [3.05, 3.63) is 33.8 Å². The molecule has 0 aliphatic carbocycles. The molecule has 1 aromatic carbocycles. The predicted molar refractivity (Wildman–Crippen MR) is 85.6 cm³/mol. The van der Waals surface area contributed by atoms with Crippen molar-refractivity contribution in [1.82, 2.24) is 10.6 Å². The van der Waals surface area contributed by atoms with Gasteiger partial charge < -0.3 is 10.6 Å². The Morgan fingerprint density at radius 3 is 2.50 bits per heavy atom. The Kier molecular flexibility index (Phi) is 6.31. The van der Waals surface area contributed by atoms with Crippen molar-refractivity contribution in [1.29, 1.82) is 0 Å². The van der Waals surface area contributed by atoms with Crippen molar-refractivity contribution in [2.75, 3.05) is 20.1 Å². The Morgan fingerprint density at radius 2 is 1.95 bits per heavy atom. The van der Waals surface area contributed by atoms with E-state index in [0.29, 0.717) is 23.1 Å². The van der Waals surface area contributed by atoms with Crippen molar-refractivity contribution in [3.63, 3.8) is 0 Å². The van der Waals surface area contributed by atoms with E-state index in [4.69, 9.17) is 23.2 Å². The first-order valence-electron chi connectivity index (χ1n) is 6.66. The van der Waals surface area contributed by atoms with Gasteiger partial charge in [-0.25, -0.2) is 0 Å². The second kappa shape index (κ2) is 7.30. The topological polar surface area (TPSA) is 41.1 Å². The first-order chi connectivity index (χ1) is 9.27. The molecule has 1 unspecified atom stereocenters. The zero-order valence-electron chi connectivity index (χ0n) is 12.4. The Morgan fingerprint density at radius 1 is 1.30 bits per heavy atom. The van der Waals surface area contributed by atoms with E-state index in [2.05, 4.69) is 24.5 Å². The van der Waals surface area contributed by atoms with Gasteiger partial charge in [0, 0.05) is 24.4 Å². The van der Waals surface area contributed by atoms with E-state index in [-0.39, 0.29) is 17.2 Å². The zero-order chi connectivity index (χ0) is 15.3. The summed E-state index contributed by atoms with van der Waals surface area (Å²) in [4.78, 5) is 11.9. The van der Waals surface area contributed by atoms with Crippen LogP contribution in [0.3, 0.4) is 0 Å². The first kappa shape index (κ1) is 17.3. The third-order valence-electron chi connectivity index (χ3n) is 3.36. The highest BCUT2D eigenvalue weighted by atomic mass is 35.5. The number of halogens is 2. The Hall–Kier alpha value is -0.770. The Bertz CT molecular complexity index is 475. The third-order valence-corrected chi connectivity index (χ3v) is 4.10. The number of carbonyl (C=O) groups excluding carboxylic acids is 1. The second-order valence-electron chi connectivity index (χ2n) is 5.69. The molecule has 0 aromatic heterocycles. The molecule has 0 saturated heterocycles. The standard InChI is InChI=1S/C15H22Cl2N2O/c1-10(8-18-4)14(20)19-9-15(2,3)11-5-6-12(16)13(17)7-11/h5-7,10,18H,8-9H2,1-4H3,(H,19,20). The van der Waals surface area contributed by atoms with Crippen molar-refractivity contribution in [3.8, 4) is 0 Å². The SMILES string of the molecule is CNCC(C)C(=O)NCC(C)(C)c1ccc(Cl)c(Cl)c1. The fourth-order valence-electron chi connectivity index (χ4n) is 1.90. The summed E-state index contributed by atoms with van der Waals surface area (Å²) < 4.78 is 0. The molecule has 5 heteroatoms. The lowest BCUT2D eigenvalue weighted by Gasteiger charge is -2.27. The van der Waals surface area contributed by atoms with Crippen LogP contribution < -0.4 is 10.6 Å². The fourth-order valence-corrected chi connectivity index (χ4v) is 2.20. The van der Waals surface area contributed by atoms with Gasteiger partial charge in [0.1, 0.15) is 0 Å². The zero-order valence-corrected chi connectivity index (χ0v) is 13.9. The van der Waals surface area contributed by atoms with Gasteiger partial charge in [-0.15, -0.1) is 0 Å². The average Bonchev–Trinajstić information content (AvgIpc) is 2.39. The molecular formula is C15H22Cl2N2O. The lowest BCUT2D eigenvalue weighted by atomic mass is 9.84. The van der Waals surface area contributed by atoms with Gasteiger partial charge in [0.2, 0.25) is 5.91 Å². The molecule has 1 rings (SSSR count). The van der Waals surface area contributed by atoms with Crippen LogP contribution in [-0.2, 0) is 10.2 Å². The quantitative estimate of drug-likeness (QED) is 0.846. The summed E-state index contributed by atoms with van der Waals surface area (Å²) >= 11 is 12.0. The van der Waals surface area contributed by atoms with Gasteiger partial charge in [-0.1, -0.05) is 50.0 Å². The molecule has 0 aliphatic rings. The highest BCUT2D eigenvalue weighted by molar-refractivity contribution is 6.42. The van der Waals surface area contributed by atoms with Crippen LogP contribution in [0.5, 0.6) is 0 Å². The maximum atomic E-state index is 11.9. The van der Waals surface area contributed by atoms with Crippen LogP contribution in [0.1, 0.15) is 26.3 Å². The molecule has 0 aliphatic heterocycles. The van der Waals surface area contributed by atoms with Crippen LogP contribution in [0.25, 0.3) is 0 Å². The van der Waals surface area contributed by atoms with Crippen LogP contribution in [0.15, 0.2) is 18.2 Å². The molecule has 1 aromatic rings. The molecule has 0 spiro atoms. The monoisotopic (exact) mass is 316 g/mol. The van der Waals surface area contributed by atoms with Crippen LogP contribution >= 0.6 is 23.2 Å². The molecule has 2 N–H and O–H groups in total. The summed E-state index contributed by atoms with van der Waals surface area (Å²) in [6.45, 7) is 7.25. The summed E-state index contributed by atoms with van der Waals surface area (Å²) in [5.74, 6) is -0.00269. The average molecular weight is 317 g/mol. The summed E-state index contributed by atoms with van der Waals surface area (Å²) in [5, 5.41) is 7.06. The van der Waals surface area contributed by atoms with Gasteiger partial charge in [-0.2, -0.15) is 0 Å². The molecule has 0 heterocycles. The number of carbonyl (C=O) groups is 1.